The summed E-state index contributed by atoms with van der Waals surface area (Å²) in [6.07, 6.45) is 11.0. The highest BCUT2D eigenvalue weighted by Crippen LogP contribution is 2.67. The lowest BCUT2D eigenvalue weighted by Gasteiger charge is -2.62. The molecule has 31 heavy (non-hydrogen) atoms. The Morgan fingerprint density at radius 3 is 2.45 bits per heavy atom. The molecule has 0 aromatic rings. The Morgan fingerprint density at radius 1 is 1.06 bits per heavy atom. The molecule has 4 rings (SSSR count). The molecule has 0 bridgehead atoms. The molecule has 9 atom stereocenters. The van der Waals surface area contributed by atoms with Gasteiger partial charge in [0.2, 0.25) is 5.91 Å². The van der Waals surface area contributed by atoms with Gasteiger partial charge in [0.1, 0.15) is 0 Å². The Labute approximate surface area is 189 Å². The summed E-state index contributed by atoms with van der Waals surface area (Å²) in [7, 11) is 0. The zero-order valence-corrected chi connectivity index (χ0v) is 20.5. The van der Waals surface area contributed by atoms with Crippen LogP contribution < -0.4 is 5.32 Å². The maximum absolute atomic E-state index is 12.5. The van der Waals surface area contributed by atoms with E-state index in [0.29, 0.717) is 24.7 Å². The summed E-state index contributed by atoms with van der Waals surface area (Å²) in [6.45, 7) is 12.0. The predicted molar refractivity (Wildman–Crippen MR) is 123 cm³/mol. The molecule has 3 aliphatic carbocycles. The average Bonchev–Trinajstić information content (AvgIpc) is 3.05. The van der Waals surface area contributed by atoms with Crippen LogP contribution in [0.4, 0.5) is 0 Å². The predicted octanol–water partition coefficient (Wildman–Crippen LogP) is 5.90. The topological polar surface area (TPSA) is 66.4 Å². The van der Waals surface area contributed by atoms with Gasteiger partial charge in [-0.15, -0.1) is 0 Å². The number of carbonyl (C=O) groups is 2. The second-order valence-electron chi connectivity index (χ2n) is 12.6. The minimum absolute atomic E-state index is 0.0348. The van der Waals surface area contributed by atoms with Gasteiger partial charge in [-0.05, 0) is 84.9 Å². The Balaban J connectivity index is 1.58. The van der Waals surface area contributed by atoms with Gasteiger partial charge in [0.05, 0.1) is 5.92 Å². The lowest BCUT2D eigenvalue weighted by molar-refractivity contribution is -0.168. The van der Waals surface area contributed by atoms with Crippen molar-refractivity contribution < 1.29 is 14.7 Å². The first-order valence-corrected chi connectivity index (χ1v) is 13.1. The van der Waals surface area contributed by atoms with E-state index in [0.717, 1.165) is 30.6 Å². The van der Waals surface area contributed by atoms with Crippen LogP contribution in [-0.4, -0.2) is 23.0 Å². The zero-order chi connectivity index (χ0) is 22.6. The second kappa shape index (κ2) is 8.37. The maximum atomic E-state index is 12.5. The Bertz CT molecular complexity index is 705. The minimum Gasteiger partial charge on any atom is -0.481 e. The van der Waals surface area contributed by atoms with E-state index >= 15 is 0 Å². The molecule has 1 heterocycles. The first-order valence-electron chi connectivity index (χ1n) is 13.1. The minimum atomic E-state index is -0.630. The molecule has 4 nitrogen and oxygen atoms in total. The summed E-state index contributed by atoms with van der Waals surface area (Å²) in [6, 6.07) is 0.0348. The van der Waals surface area contributed by atoms with Crippen molar-refractivity contribution in [3.05, 3.63) is 0 Å². The number of carboxylic acids is 1. The van der Waals surface area contributed by atoms with Crippen molar-refractivity contribution in [3.63, 3.8) is 0 Å². The number of nitrogens with one attached hydrogen (secondary N) is 1. The van der Waals surface area contributed by atoms with Crippen LogP contribution in [0.3, 0.4) is 0 Å². The van der Waals surface area contributed by atoms with E-state index in [1.54, 1.807) is 0 Å². The average molecular weight is 432 g/mol. The molecule has 176 valence electrons. The van der Waals surface area contributed by atoms with E-state index in [4.69, 9.17) is 0 Å². The third-order valence-electron chi connectivity index (χ3n) is 10.7. The second-order valence-corrected chi connectivity index (χ2v) is 12.6. The van der Waals surface area contributed by atoms with Gasteiger partial charge in [-0.25, -0.2) is 0 Å². The highest BCUT2D eigenvalue weighted by molar-refractivity contribution is 5.78. The molecule has 0 aromatic carbocycles. The maximum Gasteiger partial charge on any atom is 0.306 e. The molecular weight excluding hydrogens is 386 g/mol. The van der Waals surface area contributed by atoms with Gasteiger partial charge in [0.25, 0.3) is 0 Å². The molecule has 2 N–H and O–H groups in total. The highest BCUT2D eigenvalue weighted by atomic mass is 16.4. The first-order chi connectivity index (χ1) is 14.6. The van der Waals surface area contributed by atoms with Crippen molar-refractivity contribution in [1.82, 2.24) is 5.32 Å². The Morgan fingerprint density at radius 2 is 1.77 bits per heavy atom. The van der Waals surface area contributed by atoms with Crippen molar-refractivity contribution in [1.29, 1.82) is 0 Å². The summed E-state index contributed by atoms with van der Waals surface area (Å²) >= 11 is 0. The Kier molecular flexibility index (Phi) is 6.24. The molecule has 1 saturated heterocycles. The number of piperidine rings is 1. The normalized spacial score (nSPS) is 45.4. The van der Waals surface area contributed by atoms with Crippen LogP contribution in [0.15, 0.2) is 0 Å². The van der Waals surface area contributed by atoms with Crippen molar-refractivity contribution in [2.45, 2.75) is 105 Å². The summed E-state index contributed by atoms with van der Waals surface area (Å²) in [5.41, 5.74) is 0.347. The van der Waals surface area contributed by atoms with Gasteiger partial charge in [0, 0.05) is 12.5 Å². The smallest absolute Gasteiger partial charge is 0.306 e. The number of carboxylic acid groups (broad SMARTS) is 1. The summed E-state index contributed by atoms with van der Waals surface area (Å²) < 4.78 is 0. The third kappa shape index (κ3) is 3.84. The van der Waals surface area contributed by atoms with Gasteiger partial charge >= 0.3 is 5.97 Å². The Hall–Kier alpha value is -1.06. The fraction of sp³-hybridized carbons (Fsp3) is 0.926. The van der Waals surface area contributed by atoms with E-state index in [9.17, 15) is 14.7 Å². The number of rotatable bonds is 6. The van der Waals surface area contributed by atoms with E-state index in [1.165, 1.54) is 38.5 Å². The van der Waals surface area contributed by atoms with Crippen molar-refractivity contribution in [2.24, 2.45) is 52.3 Å². The number of hydrogen-bond donors (Lipinski definition) is 2. The largest absolute Gasteiger partial charge is 0.481 e. The lowest BCUT2D eigenvalue weighted by Crippen LogP contribution is -2.64. The molecule has 0 spiro atoms. The number of amides is 1. The van der Waals surface area contributed by atoms with Crippen LogP contribution in [0.2, 0.25) is 0 Å². The molecule has 1 amide bonds. The van der Waals surface area contributed by atoms with Gasteiger partial charge in [0.15, 0.2) is 0 Å². The molecule has 4 fully saturated rings. The summed E-state index contributed by atoms with van der Waals surface area (Å²) in [4.78, 5) is 24.6. The van der Waals surface area contributed by atoms with Gasteiger partial charge in [-0.2, -0.15) is 0 Å². The summed E-state index contributed by atoms with van der Waals surface area (Å²) in [5, 5.41) is 13.5. The third-order valence-corrected chi connectivity index (χ3v) is 10.7. The van der Waals surface area contributed by atoms with Gasteiger partial charge < -0.3 is 10.4 Å². The quantitative estimate of drug-likeness (QED) is 0.550. The van der Waals surface area contributed by atoms with Gasteiger partial charge in [-0.3, -0.25) is 9.59 Å². The number of aliphatic carboxylic acids is 1. The van der Waals surface area contributed by atoms with E-state index in [-0.39, 0.29) is 34.6 Å². The molecule has 0 aromatic heterocycles. The number of fused-ring (bicyclic) bond motifs is 5. The zero-order valence-electron chi connectivity index (χ0n) is 20.5. The lowest BCUT2D eigenvalue weighted by atomic mass is 9.44. The fourth-order valence-corrected chi connectivity index (χ4v) is 8.99. The van der Waals surface area contributed by atoms with E-state index < -0.39 is 5.97 Å². The van der Waals surface area contributed by atoms with Crippen LogP contribution in [0, 0.1) is 52.3 Å². The molecule has 4 aliphatic rings. The molecule has 3 saturated carbocycles. The molecule has 7 unspecified atom stereocenters. The molecule has 0 radical (unpaired) electrons. The van der Waals surface area contributed by atoms with Gasteiger partial charge in [-0.1, -0.05) is 53.9 Å². The van der Waals surface area contributed by atoms with E-state index in [1.807, 2.05) is 0 Å². The summed E-state index contributed by atoms with van der Waals surface area (Å²) in [5.74, 6) is 2.66. The number of hydrogen-bond acceptors (Lipinski definition) is 2. The first kappa shape index (κ1) is 23.1. The SMILES string of the molecule is CC(C)CCCC(C)C1CCC2C3C(C(=O)O)CC4NC(=O)CC[C@]4(C)C3CC[C@]12C. The van der Waals surface area contributed by atoms with Crippen molar-refractivity contribution in [3.8, 4) is 0 Å². The number of carbonyl (C=O) groups excluding carboxylic acids is 1. The van der Waals surface area contributed by atoms with Crippen molar-refractivity contribution >= 4 is 11.9 Å². The van der Waals surface area contributed by atoms with Crippen LogP contribution >= 0.6 is 0 Å². The molecular formula is C27H45NO3. The van der Waals surface area contributed by atoms with E-state index in [2.05, 4.69) is 39.9 Å². The molecule has 1 aliphatic heterocycles. The fourth-order valence-electron chi connectivity index (χ4n) is 8.99. The molecule has 4 heteroatoms. The van der Waals surface area contributed by atoms with Crippen LogP contribution in [0.5, 0.6) is 0 Å². The van der Waals surface area contributed by atoms with Crippen LogP contribution in [-0.2, 0) is 9.59 Å². The standard InChI is InChI=1S/C27H45NO3/c1-16(2)7-6-8-17(3)19-9-10-20-24-18(25(30)31)15-22-27(5,14-12-23(29)28-22)21(24)11-13-26(19,20)4/h16-22,24H,6-15H2,1-5H3,(H,28,29)(H,30,31)/t17?,18?,19?,20?,21?,22?,24?,26-,27-/m1/s1. The van der Waals surface area contributed by atoms with Crippen LogP contribution in [0.25, 0.3) is 0 Å². The van der Waals surface area contributed by atoms with Crippen LogP contribution in [0.1, 0.15) is 98.8 Å². The van der Waals surface area contributed by atoms with Crippen molar-refractivity contribution in [2.75, 3.05) is 0 Å². The highest BCUT2D eigenvalue weighted by Gasteiger charge is 2.64. The monoisotopic (exact) mass is 431 g/mol.